The fourth-order valence-electron chi connectivity index (χ4n) is 4.00. The van der Waals surface area contributed by atoms with Crippen LogP contribution in [0.2, 0.25) is 0 Å². The minimum absolute atomic E-state index is 0.00785. The van der Waals surface area contributed by atoms with Gasteiger partial charge in [-0.05, 0) is 48.7 Å². The van der Waals surface area contributed by atoms with Crippen LogP contribution in [0.3, 0.4) is 0 Å². The van der Waals surface area contributed by atoms with Gasteiger partial charge in [0.25, 0.3) is 0 Å². The molecule has 3 amide bonds. The van der Waals surface area contributed by atoms with E-state index in [0.29, 0.717) is 23.6 Å². The Kier molecular flexibility index (Phi) is 7.87. The number of primary amides is 1. The van der Waals surface area contributed by atoms with Gasteiger partial charge in [0.15, 0.2) is 11.5 Å². The predicted molar refractivity (Wildman–Crippen MR) is 142 cm³/mol. The predicted octanol–water partition coefficient (Wildman–Crippen LogP) is 2.12. The maximum absolute atomic E-state index is 13.0. The van der Waals surface area contributed by atoms with Crippen molar-refractivity contribution < 1.29 is 19.1 Å². The van der Waals surface area contributed by atoms with Gasteiger partial charge < -0.3 is 26.8 Å². The zero-order valence-electron chi connectivity index (χ0n) is 21.3. The summed E-state index contributed by atoms with van der Waals surface area (Å²) in [5, 5.41) is 16.4. The second-order valence-corrected chi connectivity index (χ2v) is 9.62. The molecule has 0 saturated heterocycles. The molecule has 4 aromatic rings. The molecular formula is C27H31N7O4. The van der Waals surface area contributed by atoms with E-state index in [1.807, 2.05) is 36.4 Å². The third-order valence-electron chi connectivity index (χ3n) is 5.98. The van der Waals surface area contributed by atoms with Gasteiger partial charge in [-0.1, -0.05) is 48.5 Å². The van der Waals surface area contributed by atoms with Crippen molar-refractivity contribution in [3.63, 3.8) is 0 Å². The molecule has 198 valence electrons. The van der Waals surface area contributed by atoms with Crippen molar-refractivity contribution in [3.8, 4) is 0 Å². The Hall–Kier alpha value is -4.51. The minimum atomic E-state index is -1.11. The van der Waals surface area contributed by atoms with E-state index >= 15 is 0 Å². The molecule has 0 unspecified atom stereocenters. The summed E-state index contributed by atoms with van der Waals surface area (Å²) in [5.41, 5.74) is 12.2. The van der Waals surface area contributed by atoms with Gasteiger partial charge in [-0.3, -0.25) is 14.0 Å². The number of amides is 3. The second-order valence-electron chi connectivity index (χ2n) is 9.62. The molecule has 1 atom stereocenters. The number of alkyl carbamates (subject to hydrolysis) is 1. The van der Waals surface area contributed by atoms with E-state index in [4.69, 9.17) is 16.2 Å². The molecule has 0 aliphatic carbocycles. The number of hydrogen-bond acceptors (Lipinski definition) is 7. The second kappa shape index (κ2) is 11.3. The van der Waals surface area contributed by atoms with Crippen molar-refractivity contribution >= 4 is 34.3 Å². The molecule has 0 bridgehead atoms. The monoisotopic (exact) mass is 517 g/mol. The molecular weight excluding hydrogens is 486 g/mol. The fraction of sp³-hybridized carbons (Fsp3) is 0.296. The summed E-state index contributed by atoms with van der Waals surface area (Å²) in [6.45, 7) is 3.25. The van der Waals surface area contributed by atoms with E-state index in [1.165, 1.54) is 0 Å². The molecule has 11 heteroatoms. The van der Waals surface area contributed by atoms with Gasteiger partial charge in [0.2, 0.25) is 11.8 Å². The first kappa shape index (κ1) is 26.6. The van der Waals surface area contributed by atoms with Gasteiger partial charge >= 0.3 is 6.09 Å². The molecule has 0 aliphatic heterocycles. The first-order valence-electron chi connectivity index (χ1n) is 12.2. The topological polar surface area (TPSA) is 167 Å². The smallest absolute Gasteiger partial charge is 0.407 e. The van der Waals surface area contributed by atoms with Crippen LogP contribution in [0.5, 0.6) is 0 Å². The van der Waals surface area contributed by atoms with Gasteiger partial charge in [0.05, 0.1) is 17.3 Å². The maximum Gasteiger partial charge on any atom is 0.407 e. The highest BCUT2D eigenvalue weighted by molar-refractivity contribution is 5.85. The third-order valence-corrected chi connectivity index (χ3v) is 5.98. The Morgan fingerprint density at radius 3 is 2.53 bits per heavy atom. The SMILES string of the molecule is CC(C)(N)C(=O)N[C@H](Cc1ccc2ccccc2c1)c1nnc2cccc(COC(=O)NCCC(N)=O)n12. The number of rotatable bonds is 10. The van der Waals surface area contributed by atoms with Gasteiger partial charge in [0.1, 0.15) is 6.61 Å². The number of benzene rings is 2. The average molecular weight is 518 g/mol. The number of nitrogens with two attached hydrogens (primary N) is 2. The van der Waals surface area contributed by atoms with Crippen molar-refractivity contribution in [2.45, 2.75) is 44.9 Å². The van der Waals surface area contributed by atoms with Crippen LogP contribution >= 0.6 is 0 Å². The lowest BCUT2D eigenvalue weighted by atomic mass is 9.99. The van der Waals surface area contributed by atoms with E-state index in [2.05, 4.69) is 26.9 Å². The number of carbonyl (C=O) groups is 3. The number of aromatic nitrogens is 3. The Balaban J connectivity index is 1.64. The third kappa shape index (κ3) is 6.43. The molecule has 2 aromatic heterocycles. The largest absolute Gasteiger partial charge is 0.443 e. The molecule has 0 spiro atoms. The van der Waals surface area contributed by atoms with Crippen LogP contribution in [-0.2, 0) is 27.4 Å². The molecule has 2 heterocycles. The van der Waals surface area contributed by atoms with Gasteiger partial charge in [-0.15, -0.1) is 10.2 Å². The molecule has 4 rings (SSSR count). The Bertz CT molecular complexity index is 1480. The van der Waals surface area contributed by atoms with Crippen LogP contribution in [-0.4, -0.2) is 44.6 Å². The Labute approximate surface area is 219 Å². The van der Waals surface area contributed by atoms with Crippen LogP contribution in [0, 0.1) is 0 Å². The van der Waals surface area contributed by atoms with Crippen LogP contribution in [0.15, 0.2) is 60.7 Å². The standard InChI is InChI=1S/C27H31N7O4/c1-27(2,29)25(36)31-21(15-17-10-11-18-6-3-4-7-19(18)14-17)24-33-32-23-9-5-8-20(34(23)24)16-38-26(37)30-13-12-22(28)35/h3-11,14,21H,12-13,15-16,29H2,1-2H3,(H2,28,35)(H,30,37)(H,31,36)/t21-/m1/s1. The Morgan fingerprint density at radius 2 is 1.79 bits per heavy atom. The van der Waals surface area contributed by atoms with E-state index in [9.17, 15) is 14.4 Å². The molecule has 38 heavy (non-hydrogen) atoms. The van der Waals surface area contributed by atoms with Crippen molar-refractivity contribution in [1.82, 2.24) is 25.2 Å². The lowest BCUT2D eigenvalue weighted by Gasteiger charge is -2.24. The van der Waals surface area contributed by atoms with Crippen LogP contribution in [0.1, 0.15) is 43.4 Å². The molecule has 2 aromatic carbocycles. The van der Waals surface area contributed by atoms with Gasteiger partial charge in [-0.25, -0.2) is 4.79 Å². The highest BCUT2D eigenvalue weighted by Gasteiger charge is 2.28. The number of pyridine rings is 1. The molecule has 11 nitrogen and oxygen atoms in total. The van der Waals surface area contributed by atoms with Crippen molar-refractivity contribution in [1.29, 1.82) is 0 Å². The number of ether oxygens (including phenoxy) is 1. The quantitative estimate of drug-likeness (QED) is 0.250. The average Bonchev–Trinajstić information content (AvgIpc) is 3.31. The normalized spacial score (nSPS) is 12.3. The lowest BCUT2D eigenvalue weighted by Crippen LogP contribution is -2.50. The van der Waals surface area contributed by atoms with E-state index in [1.54, 1.807) is 36.4 Å². The summed E-state index contributed by atoms with van der Waals surface area (Å²) in [5.74, 6) is -0.397. The summed E-state index contributed by atoms with van der Waals surface area (Å²) in [6, 6.07) is 18.9. The molecule has 0 aliphatic rings. The van der Waals surface area contributed by atoms with E-state index < -0.39 is 23.6 Å². The highest BCUT2D eigenvalue weighted by atomic mass is 16.5. The van der Waals surface area contributed by atoms with Gasteiger partial charge in [0, 0.05) is 13.0 Å². The summed E-state index contributed by atoms with van der Waals surface area (Å²) in [7, 11) is 0. The number of nitrogens with one attached hydrogen (secondary N) is 2. The molecule has 0 radical (unpaired) electrons. The van der Waals surface area contributed by atoms with Crippen molar-refractivity contribution in [3.05, 3.63) is 77.7 Å². The van der Waals surface area contributed by atoms with E-state index in [0.717, 1.165) is 16.3 Å². The van der Waals surface area contributed by atoms with Crippen LogP contribution in [0.4, 0.5) is 4.79 Å². The Morgan fingerprint density at radius 1 is 1.03 bits per heavy atom. The first-order valence-corrected chi connectivity index (χ1v) is 12.2. The summed E-state index contributed by atoms with van der Waals surface area (Å²) in [6.07, 6.45) is -0.256. The zero-order chi connectivity index (χ0) is 27.3. The van der Waals surface area contributed by atoms with Crippen LogP contribution in [0.25, 0.3) is 16.4 Å². The summed E-state index contributed by atoms with van der Waals surface area (Å²) in [4.78, 5) is 35.9. The first-order chi connectivity index (χ1) is 18.1. The molecule has 0 saturated carbocycles. The number of carbonyl (C=O) groups excluding carboxylic acids is 3. The molecule has 6 N–H and O–H groups in total. The van der Waals surface area contributed by atoms with Crippen molar-refractivity contribution in [2.24, 2.45) is 11.5 Å². The summed E-state index contributed by atoms with van der Waals surface area (Å²) >= 11 is 0. The van der Waals surface area contributed by atoms with Crippen molar-refractivity contribution in [2.75, 3.05) is 6.54 Å². The summed E-state index contributed by atoms with van der Waals surface area (Å²) < 4.78 is 7.09. The fourth-order valence-corrected chi connectivity index (χ4v) is 4.00. The van der Waals surface area contributed by atoms with E-state index in [-0.39, 0.29) is 25.5 Å². The highest BCUT2D eigenvalue weighted by Crippen LogP contribution is 2.23. The number of hydrogen-bond donors (Lipinski definition) is 4. The zero-order valence-corrected chi connectivity index (χ0v) is 21.3. The number of nitrogens with zero attached hydrogens (tertiary/aromatic N) is 3. The minimum Gasteiger partial charge on any atom is -0.443 e. The number of fused-ring (bicyclic) bond motifs is 2. The lowest BCUT2D eigenvalue weighted by molar-refractivity contribution is -0.126. The maximum atomic E-state index is 13.0. The van der Waals surface area contributed by atoms with Crippen LogP contribution < -0.4 is 22.1 Å². The van der Waals surface area contributed by atoms with Gasteiger partial charge in [-0.2, -0.15) is 0 Å². The molecule has 0 fully saturated rings.